The van der Waals surface area contributed by atoms with Gasteiger partial charge in [-0.2, -0.15) is 0 Å². The fraction of sp³-hybridized carbons (Fsp3) is 0.318. The largest absolute Gasteiger partial charge is 0.375 e. The summed E-state index contributed by atoms with van der Waals surface area (Å²) in [4.78, 5) is 31.3. The first kappa shape index (κ1) is 20.5. The van der Waals surface area contributed by atoms with Gasteiger partial charge in [-0.25, -0.2) is 0 Å². The Morgan fingerprint density at radius 3 is 2.59 bits per heavy atom. The Hall–Kier alpha value is -3.19. The number of anilines is 1. The van der Waals surface area contributed by atoms with Crippen molar-refractivity contribution < 1.29 is 14.3 Å². The van der Waals surface area contributed by atoms with Crippen LogP contribution in [0, 0.1) is 0 Å². The molecule has 0 unspecified atom stereocenters. The lowest BCUT2D eigenvalue weighted by molar-refractivity contribution is -0.130. The summed E-state index contributed by atoms with van der Waals surface area (Å²) < 4.78 is 4.79. The molecule has 7 heteroatoms. The van der Waals surface area contributed by atoms with Gasteiger partial charge in [0.1, 0.15) is 18.8 Å². The summed E-state index contributed by atoms with van der Waals surface area (Å²) in [6.07, 6.45) is -0.461. The molecular weight excluding hydrogens is 368 g/mol. The van der Waals surface area contributed by atoms with Gasteiger partial charge in [0.05, 0.1) is 12.3 Å². The lowest BCUT2D eigenvalue weighted by atomic mass is 10.0. The zero-order valence-corrected chi connectivity index (χ0v) is 16.9. The van der Waals surface area contributed by atoms with Crippen LogP contribution in [0.5, 0.6) is 0 Å². The zero-order chi connectivity index (χ0) is 20.8. The van der Waals surface area contributed by atoms with Gasteiger partial charge in [0.2, 0.25) is 11.8 Å². The number of amides is 2. The maximum Gasteiger partial charge on any atom is 0.246 e. The molecule has 7 nitrogen and oxygen atoms in total. The summed E-state index contributed by atoms with van der Waals surface area (Å²) in [6.45, 7) is 2.06. The summed E-state index contributed by atoms with van der Waals surface area (Å²) >= 11 is 0. The lowest BCUT2D eigenvalue weighted by Crippen LogP contribution is -2.50. The summed E-state index contributed by atoms with van der Waals surface area (Å²) in [5.74, 6) is -0.635. The Kier molecular flexibility index (Phi) is 6.61. The Labute approximate surface area is 170 Å². The molecule has 0 aliphatic carbocycles. The maximum atomic E-state index is 12.6. The highest BCUT2D eigenvalue weighted by Gasteiger charge is 2.25. The predicted octanol–water partition coefficient (Wildman–Crippen LogP) is 1.57. The number of aliphatic imine (C=N–C) groups is 1. The number of benzene rings is 2. The van der Waals surface area contributed by atoms with Crippen molar-refractivity contribution in [2.24, 2.45) is 4.99 Å². The number of benzodiazepines with no additional fused rings is 1. The molecule has 1 aliphatic rings. The minimum Gasteiger partial charge on any atom is -0.375 e. The van der Waals surface area contributed by atoms with Crippen LogP contribution in [0.15, 0.2) is 59.6 Å². The standard InChI is InChI=1S/C22H26N4O3/c1-15(23-20(27)14-29-3)22(28)25-19-13-26(2)18-12-8-7-11-17(18)21(24-19)16-9-5-4-6-10-16/h4-12,15,19H,13-14H2,1-3H3,(H,23,27)(H,25,28)/t15-,19+/m0/s1. The molecule has 0 saturated heterocycles. The third-order valence-electron chi connectivity index (χ3n) is 4.70. The van der Waals surface area contributed by atoms with E-state index in [1.807, 2.05) is 61.6 Å². The van der Waals surface area contributed by atoms with E-state index >= 15 is 0 Å². The number of nitrogens with one attached hydrogen (secondary N) is 2. The number of fused-ring (bicyclic) bond motifs is 1. The van der Waals surface area contributed by atoms with Crippen LogP contribution >= 0.6 is 0 Å². The van der Waals surface area contributed by atoms with Gasteiger partial charge in [0.15, 0.2) is 0 Å². The Morgan fingerprint density at radius 2 is 1.86 bits per heavy atom. The zero-order valence-electron chi connectivity index (χ0n) is 16.9. The molecule has 1 heterocycles. The van der Waals surface area contributed by atoms with Gasteiger partial charge in [-0.05, 0) is 13.0 Å². The van der Waals surface area contributed by atoms with Crippen molar-refractivity contribution in [2.45, 2.75) is 19.1 Å². The van der Waals surface area contributed by atoms with Crippen molar-refractivity contribution in [1.82, 2.24) is 10.6 Å². The SMILES string of the molecule is COCC(=O)N[C@@H](C)C(=O)N[C@@H]1CN(C)c2ccccc2C(c2ccccc2)=N1. The van der Waals surface area contributed by atoms with Crippen molar-refractivity contribution in [2.75, 3.05) is 32.2 Å². The molecule has 0 radical (unpaired) electrons. The molecule has 29 heavy (non-hydrogen) atoms. The molecule has 1 aliphatic heterocycles. The van der Waals surface area contributed by atoms with Crippen LogP contribution < -0.4 is 15.5 Å². The van der Waals surface area contributed by atoms with E-state index in [2.05, 4.69) is 15.5 Å². The summed E-state index contributed by atoms with van der Waals surface area (Å²) in [5.41, 5.74) is 3.87. The molecule has 3 rings (SSSR count). The highest BCUT2D eigenvalue weighted by atomic mass is 16.5. The molecule has 0 aromatic heterocycles. The van der Waals surface area contributed by atoms with E-state index < -0.39 is 12.2 Å². The highest BCUT2D eigenvalue weighted by molar-refractivity contribution is 6.16. The molecule has 2 aromatic rings. The Bertz CT molecular complexity index is 898. The topological polar surface area (TPSA) is 83.0 Å². The molecule has 2 N–H and O–H groups in total. The van der Waals surface area contributed by atoms with E-state index in [0.29, 0.717) is 6.54 Å². The van der Waals surface area contributed by atoms with Crippen LogP contribution in [0.3, 0.4) is 0 Å². The van der Waals surface area contributed by atoms with Crippen LogP contribution in [0.2, 0.25) is 0 Å². The average Bonchev–Trinajstić information content (AvgIpc) is 2.85. The third kappa shape index (κ3) is 5.00. The van der Waals surface area contributed by atoms with Crippen molar-refractivity contribution in [3.8, 4) is 0 Å². The van der Waals surface area contributed by atoms with E-state index in [1.54, 1.807) is 6.92 Å². The molecule has 0 saturated carbocycles. The molecule has 0 bridgehead atoms. The molecule has 2 aromatic carbocycles. The molecule has 0 fully saturated rings. The van der Waals surface area contributed by atoms with E-state index in [-0.39, 0.29) is 18.4 Å². The first-order valence-electron chi connectivity index (χ1n) is 9.52. The number of carbonyl (C=O) groups is 2. The van der Waals surface area contributed by atoms with E-state index in [4.69, 9.17) is 9.73 Å². The van der Waals surface area contributed by atoms with Gasteiger partial charge in [0, 0.05) is 31.0 Å². The minimum absolute atomic E-state index is 0.0879. The molecule has 152 valence electrons. The first-order valence-corrected chi connectivity index (χ1v) is 9.52. The Balaban J connectivity index is 1.86. The average molecular weight is 394 g/mol. The Morgan fingerprint density at radius 1 is 1.17 bits per heavy atom. The number of hydrogen-bond acceptors (Lipinski definition) is 5. The van der Waals surface area contributed by atoms with Crippen molar-refractivity contribution in [3.63, 3.8) is 0 Å². The van der Waals surface area contributed by atoms with Crippen molar-refractivity contribution in [3.05, 3.63) is 65.7 Å². The van der Waals surface area contributed by atoms with Crippen LogP contribution in [-0.2, 0) is 14.3 Å². The van der Waals surface area contributed by atoms with Crippen molar-refractivity contribution in [1.29, 1.82) is 0 Å². The number of likely N-dealkylation sites (N-methyl/N-ethyl adjacent to an activating group) is 1. The van der Waals surface area contributed by atoms with E-state index in [1.165, 1.54) is 7.11 Å². The number of nitrogens with zero attached hydrogens (tertiary/aromatic N) is 2. The molecular formula is C22H26N4O3. The van der Waals surface area contributed by atoms with Gasteiger partial charge >= 0.3 is 0 Å². The highest BCUT2D eigenvalue weighted by Crippen LogP contribution is 2.26. The maximum absolute atomic E-state index is 12.6. The van der Waals surface area contributed by atoms with Crippen LogP contribution in [0.4, 0.5) is 5.69 Å². The fourth-order valence-corrected chi connectivity index (χ4v) is 3.30. The normalized spacial score (nSPS) is 16.9. The number of rotatable bonds is 6. The van der Waals surface area contributed by atoms with Gasteiger partial charge < -0.3 is 20.3 Å². The first-order chi connectivity index (χ1) is 14.0. The second-order valence-electron chi connectivity index (χ2n) is 6.99. The van der Waals surface area contributed by atoms with Gasteiger partial charge in [-0.3, -0.25) is 14.6 Å². The van der Waals surface area contributed by atoms with Crippen LogP contribution in [-0.4, -0.2) is 57.0 Å². The summed E-state index contributed by atoms with van der Waals surface area (Å²) in [6, 6.07) is 17.3. The summed E-state index contributed by atoms with van der Waals surface area (Å²) in [7, 11) is 3.41. The monoisotopic (exact) mass is 394 g/mol. The number of methoxy groups -OCH3 is 1. The second-order valence-corrected chi connectivity index (χ2v) is 6.99. The smallest absolute Gasteiger partial charge is 0.246 e. The number of carbonyl (C=O) groups excluding carboxylic acids is 2. The third-order valence-corrected chi connectivity index (χ3v) is 4.70. The van der Waals surface area contributed by atoms with Crippen LogP contribution in [0.25, 0.3) is 0 Å². The van der Waals surface area contributed by atoms with Gasteiger partial charge in [-0.15, -0.1) is 0 Å². The lowest BCUT2D eigenvalue weighted by Gasteiger charge is -2.24. The van der Waals surface area contributed by atoms with E-state index in [9.17, 15) is 9.59 Å². The predicted molar refractivity (Wildman–Crippen MR) is 113 cm³/mol. The number of ether oxygens (including phenoxy) is 1. The molecule has 0 spiro atoms. The fourth-order valence-electron chi connectivity index (χ4n) is 3.30. The van der Waals surface area contributed by atoms with E-state index in [0.717, 1.165) is 22.5 Å². The second kappa shape index (κ2) is 9.34. The summed E-state index contributed by atoms with van der Waals surface area (Å²) in [5, 5.41) is 5.57. The number of para-hydroxylation sites is 1. The minimum atomic E-state index is -0.691. The van der Waals surface area contributed by atoms with Gasteiger partial charge in [0.25, 0.3) is 0 Å². The van der Waals surface area contributed by atoms with Crippen LogP contribution in [0.1, 0.15) is 18.1 Å². The molecule has 2 amide bonds. The van der Waals surface area contributed by atoms with Gasteiger partial charge in [-0.1, -0.05) is 48.5 Å². The quantitative estimate of drug-likeness (QED) is 0.779. The van der Waals surface area contributed by atoms with Crippen molar-refractivity contribution >= 4 is 23.2 Å². The molecule has 2 atom stereocenters. The number of hydrogen-bond donors (Lipinski definition) is 2.